The summed E-state index contributed by atoms with van der Waals surface area (Å²) in [5.74, 6) is 0.672. The number of nitro groups is 1. The number of rotatable bonds is 8. The van der Waals surface area contributed by atoms with Gasteiger partial charge in [0.1, 0.15) is 17.6 Å². The minimum Gasteiger partial charge on any atom is -0.479 e. The summed E-state index contributed by atoms with van der Waals surface area (Å²) in [6.45, 7) is 5.76. The third kappa shape index (κ3) is 5.26. The molecule has 180 valence electrons. The van der Waals surface area contributed by atoms with Crippen LogP contribution in [0.4, 0.5) is 5.69 Å². The Hall–Kier alpha value is -3.72. The number of fused-ring (bicyclic) bond motifs is 1. The molecule has 2 aromatic rings. The van der Waals surface area contributed by atoms with Gasteiger partial charge in [-0.25, -0.2) is 0 Å². The van der Waals surface area contributed by atoms with Gasteiger partial charge < -0.3 is 29.4 Å². The average molecular weight is 470 g/mol. The molecule has 0 radical (unpaired) electrons. The predicted molar refractivity (Wildman–Crippen MR) is 121 cm³/mol. The largest absolute Gasteiger partial charge is 0.479 e. The maximum atomic E-state index is 11.5. The SMILES string of the molecule is CCOC(OCC)C1(C)Oc2ccc([N+](=O)[O-])cc2C(NC(=NC#N)Oc2ccccc2)C1O. The predicted octanol–water partition coefficient (Wildman–Crippen LogP) is 3.05. The second kappa shape index (κ2) is 10.9. The van der Waals surface area contributed by atoms with E-state index < -0.39 is 29.0 Å². The molecule has 0 saturated carbocycles. The summed E-state index contributed by atoms with van der Waals surface area (Å²) in [6.07, 6.45) is -0.655. The van der Waals surface area contributed by atoms with Crippen LogP contribution < -0.4 is 14.8 Å². The highest BCUT2D eigenvalue weighted by atomic mass is 16.7. The van der Waals surface area contributed by atoms with Gasteiger partial charge in [0.15, 0.2) is 11.9 Å². The van der Waals surface area contributed by atoms with Gasteiger partial charge in [0.05, 0.1) is 11.0 Å². The summed E-state index contributed by atoms with van der Waals surface area (Å²) in [7, 11) is 0. The second-order valence-electron chi connectivity index (χ2n) is 7.51. The van der Waals surface area contributed by atoms with E-state index in [4.69, 9.17) is 18.9 Å². The Bertz CT molecular complexity index is 1070. The number of hydrogen-bond acceptors (Lipinski definition) is 9. The summed E-state index contributed by atoms with van der Waals surface area (Å²) < 4.78 is 23.2. The molecule has 0 aliphatic carbocycles. The van der Waals surface area contributed by atoms with Crippen molar-refractivity contribution in [1.29, 1.82) is 5.26 Å². The molecule has 2 aromatic carbocycles. The van der Waals surface area contributed by atoms with Crippen LogP contribution in [0.2, 0.25) is 0 Å². The number of amidine groups is 1. The summed E-state index contributed by atoms with van der Waals surface area (Å²) in [5, 5.41) is 34.9. The Morgan fingerprint density at radius 1 is 1.29 bits per heavy atom. The van der Waals surface area contributed by atoms with Crippen molar-refractivity contribution >= 4 is 11.7 Å². The van der Waals surface area contributed by atoms with Crippen molar-refractivity contribution in [3.63, 3.8) is 0 Å². The highest BCUT2D eigenvalue weighted by molar-refractivity contribution is 5.78. The Labute approximate surface area is 196 Å². The van der Waals surface area contributed by atoms with E-state index in [1.54, 1.807) is 57.3 Å². The van der Waals surface area contributed by atoms with Crippen LogP contribution in [-0.4, -0.2) is 47.3 Å². The van der Waals surface area contributed by atoms with E-state index in [-0.39, 0.29) is 23.0 Å². The van der Waals surface area contributed by atoms with Crippen molar-refractivity contribution in [2.45, 2.75) is 44.8 Å². The maximum Gasteiger partial charge on any atom is 0.306 e. The fourth-order valence-electron chi connectivity index (χ4n) is 3.67. The number of benzene rings is 2. The number of nitrogens with zero attached hydrogens (tertiary/aromatic N) is 3. The lowest BCUT2D eigenvalue weighted by atomic mass is 9.84. The van der Waals surface area contributed by atoms with Gasteiger partial charge in [-0.3, -0.25) is 10.1 Å². The molecule has 11 nitrogen and oxygen atoms in total. The molecule has 3 unspecified atom stereocenters. The summed E-state index contributed by atoms with van der Waals surface area (Å²) in [5.41, 5.74) is -1.33. The molecule has 1 heterocycles. The minimum atomic E-state index is -1.42. The first kappa shape index (κ1) is 24.9. The van der Waals surface area contributed by atoms with Crippen molar-refractivity contribution in [3.05, 3.63) is 64.2 Å². The monoisotopic (exact) mass is 470 g/mol. The van der Waals surface area contributed by atoms with Crippen molar-refractivity contribution in [2.24, 2.45) is 4.99 Å². The standard InChI is InChI=1S/C23H26N4O7/c1-4-31-21(32-5-2)23(3)20(28)19(17-13-15(27(29)30)11-12-18(17)34-23)26-22(25-14-24)33-16-9-7-6-8-10-16/h6-13,19-21,28H,4-5H2,1-3H3,(H,25,26). The molecule has 0 fully saturated rings. The third-order valence-electron chi connectivity index (χ3n) is 5.26. The molecule has 0 spiro atoms. The lowest BCUT2D eigenvalue weighted by Crippen LogP contribution is -2.62. The molecule has 1 aliphatic heterocycles. The van der Waals surface area contributed by atoms with Crippen LogP contribution in [0.1, 0.15) is 32.4 Å². The number of nitriles is 1. The fraction of sp³-hybridized carbons (Fsp3) is 0.391. The summed E-state index contributed by atoms with van der Waals surface area (Å²) in [4.78, 5) is 14.5. The Morgan fingerprint density at radius 3 is 2.56 bits per heavy atom. The number of aliphatic hydroxyl groups excluding tert-OH is 1. The van der Waals surface area contributed by atoms with Gasteiger partial charge in [0.25, 0.3) is 5.69 Å². The highest BCUT2D eigenvalue weighted by Crippen LogP contribution is 2.43. The zero-order valence-corrected chi connectivity index (χ0v) is 19.0. The molecule has 0 aromatic heterocycles. The molecule has 11 heteroatoms. The van der Waals surface area contributed by atoms with Crippen molar-refractivity contribution in [3.8, 4) is 17.7 Å². The van der Waals surface area contributed by atoms with E-state index in [1.165, 1.54) is 18.2 Å². The van der Waals surface area contributed by atoms with Crippen LogP contribution in [-0.2, 0) is 9.47 Å². The van der Waals surface area contributed by atoms with Crippen LogP contribution in [0.3, 0.4) is 0 Å². The minimum absolute atomic E-state index is 0.195. The van der Waals surface area contributed by atoms with Crippen molar-refractivity contribution < 1.29 is 29.0 Å². The first-order chi connectivity index (χ1) is 16.3. The number of aliphatic hydroxyl groups is 1. The Kier molecular flexibility index (Phi) is 8.01. The highest BCUT2D eigenvalue weighted by Gasteiger charge is 2.53. The molecule has 34 heavy (non-hydrogen) atoms. The van der Waals surface area contributed by atoms with Crippen molar-refractivity contribution in [2.75, 3.05) is 13.2 Å². The first-order valence-corrected chi connectivity index (χ1v) is 10.7. The van der Waals surface area contributed by atoms with Gasteiger partial charge in [-0.15, -0.1) is 4.99 Å². The number of para-hydroxylation sites is 1. The summed E-state index contributed by atoms with van der Waals surface area (Å²) in [6, 6.07) is 11.4. The second-order valence-corrected chi connectivity index (χ2v) is 7.51. The number of nitrogens with one attached hydrogen (secondary N) is 1. The van der Waals surface area contributed by atoms with Gasteiger partial charge in [-0.1, -0.05) is 18.2 Å². The molecule has 2 N–H and O–H groups in total. The number of aliphatic imine (C=N–C) groups is 1. The van der Waals surface area contributed by atoms with E-state index in [1.807, 2.05) is 0 Å². The van der Waals surface area contributed by atoms with Gasteiger partial charge in [-0.05, 0) is 39.0 Å². The molecule has 1 aliphatic rings. The van der Waals surface area contributed by atoms with Gasteiger partial charge in [-0.2, -0.15) is 5.26 Å². The van der Waals surface area contributed by atoms with E-state index >= 15 is 0 Å². The van der Waals surface area contributed by atoms with Gasteiger partial charge >= 0.3 is 6.02 Å². The van der Waals surface area contributed by atoms with Crippen LogP contribution in [0.25, 0.3) is 0 Å². The normalized spacial score (nSPS) is 21.8. The quantitative estimate of drug-likeness (QED) is 0.148. The number of ether oxygens (including phenoxy) is 4. The summed E-state index contributed by atoms with van der Waals surface area (Å²) >= 11 is 0. The van der Waals surface area contributed by atoms with E-state index in [2.05, 4.69) is 10.3 Å². The Morgan fingerprint density at radius 2 is 1.97 bits per heavy atom. The molecular formula is C23H26N4O7. The number of nitro benzene ring substituents is 1. The Balaban J connectivity index is 2.06. The lowest BCUT2D eigenvalue weighted by Gasteiger charge is -2.47. The van der Waals surface area contributed by atoms with Crippen molar-refractivity contribution in [1.82, 2.24) is 5.32 Å². The van der Waals surface area contributed by atoms with Crippen LogP contribution in [0, 0.1) is 21.6 Å². The van der Waals surface area contributed by atoms with Gasteiger partial charge in [0.2, 0.25) is 6.19 Å². The molecular weight excluding hydrogens is 444 g/mol. The van der Waals surface area contributed by atoms with Gasteiger partial charge in [0, 0.05) is 30.9 Å². The third-order valence-corrected chi connectivity index (χ3v) is 5.26. The van der Waals surface area contributed by atoms with E-state index in [0.717, 1.165) is 0 Å². The van der Waals surface area contributed by atoms with Crippen LogP contribution >= 0.6 is 0 Å². The molecule has 3 atom stereocenters. The van der Waals surface area contributed by atoms with Crippen LogP contribution in [0.15, 0.2) is 53.5 Å². The maximum absolute atomic E-state index is 11.5. The number of hydrogen-bond donors (Lipinski definition) is 2. The smallest absolute Gasteiger partial charge is 0.306 e. The topological polar surface area (TPSA) is 148 Å². The van der Waals surface area contributed by atoms with E-state index in [9.17, 15) is 20.5 Å². The molecule has 0 bridgehead atoms. The zero-order valence-electron chi connectivity index (χ0n) is 19.0. The molecule has 0 saturated heterocycles. The first-order valence-electron chi connectivity index (χ1n) is 10.7. The zero-order chi connectivity index (χ0) is 24.7. The number of non-ortho nitro benzene ring substituents is 1. The fourth-order valence-corrected chi connectivity index (χ4v) is 3.67. The van der Waals surface area contributed by atoms with Crippen LogP contribution in [0.5, 0.6) is 11.5 Å². The molecule has 0 amide bonds. The molecule has 3 rings (SSSR count). The average Bonchev–Trinajstić information content (AvgIpc) is 2.82. The van der Waals surface area contributed by atoms with E-state index in [0.29, 0.717) is 19.0 Å². The lowest BCUT2D eigenvalue weighted by molar-refractivity contribution is -0.385.